The van der Waals surface area contributed by atoms with Crippen LogP contribution in [0.25, 0.3) is 0 Å². The maximum Gasteiger partial charge on any atom is 0.410 e. The van der Waals surface area contributed by atoms with Crippen LogP contribution in [0.1, 0.15) is 12.5 Å². The van der Waals surface area contributed by atoms with Gasteiger partial charge in [0.15, 0.2) is 0 Å². The van der Waals surface area contributed by atoms with Crippen molar-refractivity contribution >= 4 is 18.0 Å². The number of hydrogen-bond acceptors (Lipinski definition) is 5. The van der Waals surface area contributed by atoms with Crippen LogP contribution in [0.5, 0.6) is 0 Å². The fourth-order valence-electron chi connectivity index (χ4n) is 2.53. The van der Waals surface area contributed by atoms with E-state index in [-0.39, 0.29) is 12.3 Å². The first-order valence-corrected chi connectivity index (χ1v) is 7.84. The van der Waals surface area contributed by atoms with Crippen LogP contribution in [0.15, 0.2) is 30.3 Å². The van der Waals surface area contributed by atoms with Crippen molar-refractivity contribution in [2.75, 3.05) is 33.3 Å². The first kappa shape index (κ1) is 17.8. The largest absolute Gasteiger partial charge is 0.466 e. The number of rotatable bonds is 4. The molecule has 1 heterocycles. The molecule has 0 aromatic heterocycles. The lowest BCUT2D eigenvalue weighted by atomic mass is 10.1. The monoisotopic (exact) mass is 334 g/mol. The number of amides is 2. The molecule has 130 valence electrons. The molecule has 1 unspecified atom stereocenters. The Morgan fingerprint density at radius 2 is 1.62 bits per heavy atom. The molecule has 0 spiro atoms. The Balaban J connectivity index is 1.95. The molecule has 1 aromatic carbocycles. The van der Waals surface area contributed by atoms with Crippen LogP contribution in [0.3, 0.4) is 0 Å². The number of piperazine rings is 1. The third kappa shape index (κ3) is 4.71. The zero-order chi connectivity index (χ0) is 17.5. The zero-order valence-electron chi connectivity index (χ0n) is 13.9. The van der Waals surface area contributed by atoms with E-state index in [1.54, 1.807) is 4.90 Å². The average molecular weight is 334 g/mol. The van der Waals surface area contributed by atoms with Gasteiger partial charge in [-0.05, 0) is 5.56 Å². The summed E-state index contributed by atoms with van der Waals surface area (Å²) in [5, 5.41) is 0. The van der Waals surface area contributed by atoms with Gasteiger partial charge in [-0.2, -0.15) is 0 Å². The van der Waals surface area contributed by atoms with E-state index in [4.69, 9.17) is 9.47 Å². The number of benzene rings is 1. The molecule has 7 nitrogen and oxygen atoms in total. The summed E-state index contributed by atoms with van der Waals surface area (Å²) >= 11 is 0. The lowest BCUT2D eigenvalue weighted by molar-refractivity contribution is -0.151. The molecule has 2 amide bonds. The number of carbonyl (C=O) groups is 3. The predicted octanol–water partition coefficient (Wildman–Crippen LogP) is 1.07. The van der Waals surface area contributed by atoms with Gasteiger partial charge in [0.2, 0.25) is 12.0 Å². The molecule has 1 saturated heterocycles. The second-order valence-electron chi connectivity index (χ2n) is 5.58. The zero-order valence-corrected chi connectivity index (χ0v) is 13.9. The summed E-state index contributed by atoms with van der Waals surface area (Å²) in [7, 11) is 1.26. The lowest BCUT2D eigenvalue weighted by Gasteiger charge is -2.34. The molecule has 0 radical (unpaired) electrons. The van der Waals surface area contributed by atoms with E-state index < -0.39 is 18.2 Å². The van der Waals surface area contributed by atoms with Crippen molar-refractivity contribution in [1.29, 1.82) is 0 Å². The van der Waals surface area contributed by atoms with Gasteiger partial charge >= 0.3 is 12.1 Å². The Morgan fingerprint density at radius 3 is 2.17 bits per heavy atom. The van der Waals surface area contributed by atoms with Gasteiger partial charge in [0.25, 0.3) is 0 Å². The topological polar surface area (TPSA) is 76.2 Å². The van der Waals surface area contributed by atoms with E-state index in [2.05, 4.69) is 0 Å². The number of nitrogens with zero attached hydrogens (tertiary/aromatic N) is 2. The van der Waals surface area contributed by atoms with Crippen LogP contribution in [0.2, 0.25) is 0 Å². The molecule has 24 heavy (non-hydrogen) atoms. The maximum absolute atomic E-state index is 12.3. The SMILES string of the molecule is COC(=O)C(Cc1ccccc1)OC(=O)N1CCN(C(C)=O)CC1. The van der Waals surface area contributed by atoms with Crippen LogP contribution in [0, 0.1) is 0 Å². The van der Waals surface area contributed by atoms with Crippen molar-refractivity contribution in [3.05, 3.63) is 35.9 Å². The van der Waals surface area contributed by atoms with E-state index in [1.165, 1.54) is 18.9 Å². The molecule has 1 aromatic rings. The standard InChI is InChI=1S/C17H22N2O5/c1-13(20)18-8-10-19(11-9-18)17(22)24-15(16(21)23-2)12-14-6-4-3-5-7-14/h3-7,15H,8-12H2,1-2H3. The molecule has 7 heteroatoms. The Kier molecular flexibility index (Phi) is 6.17. The van der Waals surface area contributed by atoms with Crippen LogP contribution in [-0.2, 0) is 25.5 Å². The van der Waals surface area contributed by atoms with Crippen LogP contribution in [-0.4, -0.2) is 67.2 Å². The number of methoxy groups -OCH3 is 1. The van der Waals surface area contributed by atoms with Gasteiger partial charge in [-0.25, -0.2) is 9.59 Å². The van der Waals surface area contributed by atoms with E-state index in [9.17, 15) is 14.4 Å². The highest BCUT2D eigenvalue weighted by Gasteiger charge is 2.29. The van der Waals surface area contributed by atoms with Crippen LogP contribution < -0.4 is 0 Å². The molecule has 1 aliphatic rings. The summed E-state index contributed by atoms with van der Waals surface area (Å²) < 4.78 is 10.1. The molecule has 0 saturated carbocycles. The second kappa shape index (κ2) is 8.33. The van der Waals surface area contributed by atoms with Crippen molar-refractivity contribution in [3.63, 3.8) is 0 Å². The molecular weight excluding hydrogens is 312 g/mol. The van der Waals surface area contributed by atoms with Gasteiger partial charge in [0.1, 0.15) is 0 Å². The molecular formula is C17H22N2O5. The predicted molar refractivity (Wildman–Crippen MR) is 86.3 cm³/mol. The Hall–Kier alpha value is -2.57. The molecule has 0 aliphatic carbocycles. The summed E-state index contributed by atoms with van der Waals surface area (Å²) in [6.07, 6.45) is -1.30. The highest BCUT2D eigenvalue weighted by Crippen LogP contribution is 2.11. The van der Waals surface area contributed by atoms with Gasteiger partial charge in [0, 0.05) is 39.5 Å². The Labute approximate surface area is 141 Å². The van der Waals surface area contributed by atoms with Crippen molar-refractivity contribution in [3.8, 4) is 0 Å². The van der Waals surface area contributed by atoms with Crippen molar-refractivity contribution in [1.82, 2.24) is 9.80 Å². The van der Waals surface area contributed by atoms with Crippen LogP contribution >= 0.6 is 0 Å². The number of esters is 1. The van der Waals surface area contributed by atoms with Crippen molar-refractivity contribution in [2.24, 2.45) is 0 Å². The number of ether oxygens (including phenoxy) is 2. The lowest BCUT2D eigenvalue weighted by Crippen LogP contribution is -2.51. The van der Waals surface area contributed by atoms with Gasteiger partial charge in [-0.3, -0.25) is 4.79 Å². The van der Waals surface area contributed by atoms with E-state index in [1.807, 2.05) is 30.3 Å². The molecule has 1 atom stereocenters. The Bertz CT molecular complexity index is 582. The summed E-state index contributed by atoms with van der Waals surface area (Å²) in [5.41, 5.74) is 0.877. The van der Waals surface area contributed by atoms with Gasteiger partial charge in [-0.1, -0.05) is 30.3 Å². The maximum atomic E-state index is 12.3. The normalized spacial score (nSPS) is 15.6. The fourth-order valence-corrected chi connectivity index (χ4v) is 2.53. The van der Waals surface area contributed by atoms with Crippen LogP contribution in [0.4, 0.5) is 4.79 Å². The summed E-state index contributed by atoms with van der Waals surface area (Å²) in [4.78, 5) is 38.7. The van der Waals surface area contributed by atoms with E-state index >= 15 is 0 Å². The van der Waals surface area contributed by atoms with Gasteiger partial charge < -0.3 is 19.3 Å². The summed E-state index contributed by atoms with van der Waals surface area (Å²) in [5.74, 6) is -0.603. The molecule has 0 bridgehead atoms. The Morgan fingerprint density at radius 1 is 1.04 bits per heavy atom. The number of carbonyl (C=O) groups excluding carboxylic acids is 3. The van der Waals surface area contributed by atoms with Gasteiger partial charge in [0.05, 0.1) is 7.11 Å². The average Bonchev–Trinajstić information content (AvgIpc) is 2.61. The quantitative estimate of drug-likeness (QED) is 0.770. The molecule has 1 aliphatic heterocycles. The highest BCUT2D eigenvalue weighted by atomic mass is 16.6. The summed E-state index contributed by atoms with van der Waals surface area (Å²) in [6.45, 7) is 3.20. The minimum absolute atomic E-state index is 0.0143. The van der Waals surface area contributed by atoms with E-state index in [0.717, 1.165) is 5.56 Å². The summed E-state index contributed by atoms with van der Waals surface area (Å²) in [6, 6.07) is 9.29. The van der Waals surface area contributed by atoms with Crippen molar-refractivity contribution < 1.29 is 23.9 Å². The van der Waals surface area contributed by atoms with E-state index in [0.29, 0.717) is 26.2 Å². The fraction of sp³-hybridized carbons (Fsp3) is 0.471. The smallest absolute Gasteiger partial charge is 0.410 e. The second-order valence-corrected chi connectivity index (χ2v) is 5.58. The number of hydrogen-bond donors (Lipinski definition) is 0. The third-order valence-electron chi connectivity index (χ3n) is 3.95. The third-order valence-corrected chi connectivity index (χ3v) is 3.95. The highest BCUT2D eigenvalue weighted by molar-refractivity contribution is 5.79. The first-order valence-electron chi connectivity index (χ1n) is 7.84. The minimum atomic E-state index is -0.990. The minimum Gasteiger partial charge on any atom is -0.466 e. The van der Waals surface area contributed by atoms with Crippen molar-refractivity contribution in [2.45, 2.75) is 19.4 Å². The molecule has 0 N–H and O–H groups in total. The molecule has 2 rings (SSSR count). The first-order chi connectivity index (χ1) is 11.5. The molecule has 1 fully saturated rings. The van der Waals surface area contributed by atoms with Gasteiger partial charge in [-0.15, -0.1) is 0 Å².